The molecule has 9 aromatic rings. The summed E-state index contributed by atoms with van der Waals surface area (Å²) in [4.78, 5) is 7.51. The van der Waals surface area contributed by atoms with Crippen molar-refractivity contribution in [2.75, 3.05) is 4.90 Å². The van der Waals surface area contributed by atoms with E-state index in [1.807, 2.05) is 30.3 Å². The minimum Gasteiger partial charge on any atom is -0.436 e. The zero-order chi connectivity index (χ0) is 39.8. The van der Waals surface area contributed by atoms with E-state index in [4.69, 9.17) is 9.40 Å². The van der Waals surface area contributed by atoms with Crippen LogP contribution in [0.15, 0.2) is 211 Å². The molecule has 1 aromatic heterocycles. The van der Waals surface area contributed by atoms with Gasteiger partial charge in [0.1, 0.15) is 5.52 Å². The molecule has 0 saturated heterocycles. The molecule has 8 aromatic carbocycles. The second-order valence-electron chi connectivity index (χ2n) is 15.7. The van der Waals surface area contributed by atoms with Crippen LogP contribution in [0.3, 0.4) is 0 Å². The Kier molecular flexibility index (Phi) is 9.13. The van der Waals surface area contributed by atoms with Crippen LogP contribution in [0.5, 0.6) is 0 Å². The van der Waals surface area contributed by atoms with Crippen molar-refractivity contribution in [3.05, 3.63) is 229 Å². The van der Waals surface area contributed by atoms with Crippen LogP contribution in [0.4, 0.5) is 17.1 Å². The molecule has 2 aliphatic carbocycles. The molecule has 0 N–H and O–H groups in total. The van der Waals surface area contributed by atoms with Gasteiger partial charge in [0.25, 0.3) is 0 Å². The molecule has 0 bridgehead atoms. The SMILES string of the molecule is C1=CCCC(c2ccc(N(c3ccccc3)c3ccc(-c4cc5oc(-c6ccccc6)nc5c5ccccc45)c(-c4ccccc4)c3)c(C3CC=Cc4ccccc43)c2)=C1. The van der Waals surface area contributed by atoms with E-state index in [0.717, 1.165) is 80.3 Å². The first kappa shape index (κ1) is 35.7. The van der Waals surface area contributed by atoms with E-state index in [1.54, 1.807) is 0 Å². The standard InChI is InChI=1S/C57H42N2O/c1-5-18-39(19-6-1)43-32-35-54(53(36-43)47-31-17-25-40-22-13-14-28-46(40)47)59(44-26-11-4-12-27-44)45-33-34-49(51(37-45)41-20-7-2-8-21-41)52-38-55-56(50-30-16-15-29-48(50)52)58-57(60-55)42-23-9-3-10-24-42/h1-5,7-18,20-30,32-38,47H,6,19,31H2. The molecule has 0 fully saturated rings. The van der Waals surface area contributed by atoms with Crippen molar-refractivity contribution in [2.45, 2.75) is 25.2 Å². The third kappa shape index (κ3) is 6.45. The monoisotopic (exact) mass is 770 g/mol. The van der Waals surface area contributed by atoms with Gasteiger partial charge in [-0.25, -0.2) is 4.98 Å². The minimum absolute atomic E-state index is 0.195. The molecule has 60 heavy (non-hydrogen) atoms. The number of anilines is 3. The summed E-state index contributed by atoms with van der Waals surface area (Å²) in [5.41, 5.74) is 17.2. The number of benzene rings is 8. The van der Waals surface area contributed by atoms with Crippen LogP contribution in [0, 0.1) is 0 Å². The summed E-state index contributed by atoms with van der Waals surface area (Å²) in [7, 11) is 0. The van der Waals surface area contributed by atoms with Gasteiger partial charge >= 0.3 is 0 Å². The third-order valence-electron chi connectivity index (χ3n) is 12.1. The fraction of sp³-hybridized carbons (Fsp3) is 0.0702. The van der Waals surface area contributed by atoms with Crippen LogP contribution < -0.4 is 4.90 Å². The van der Waals surface area contributed by atoms with E-state index in [9.17, 15) is 0 Å². The number of rotatable bonds is 8. The number of allylic oxidation sites excluding steroid dienone is 5. The summed E-state index contributed by atoms with van der Waals surface area (Å²) in [6.07, 6.45) is 14.4. The Labute approximate surface area is 350 Å². The van der Waals surface area contributed by atoms with Crippen molar-refractivity contribution < 1.29 is 4.42 Å². The highest BCUT2D eigenvalue weighted by atomic mass is 16.3. The molecule has 0 amide bonds. The highest BCUT2D eigenvalue weighted by Gasteiger charge is 2.27. The van der Waals surface area contributed by atoms with Gasteiger partial charge < -0.3 is 9.32 Å². The van der Waals surface area contributed by atoms with Crippen molar-refractivity contribution >= 4 is 50.6 Å². The summed E-state index contributed by atoms with van der Waals surface area (Å²) in [6.45, 7) is 0. The summed E-state index contributed by atoms with van der Waals surface area (Å²) in [6, 6.07) is 65.6. The van der Waals surface area contributed by atoms with Gasteiger partial charge in [-0.3, -0.25) is 0 Å². The fourth-order valence-corrected chi connectivity index (χ4v) is 9.26. The molecular formula is C57H42N2O. The van der Waals surface area contributed by atoms with Crippen molar-refractivity contribution in [1.82, 2.24) is 4.98 Å². The fourth-order valence-electron chi connectivity index (χ4n) is 9.26. The van der Waals surface area contributed by atoms with Crippen LogP contribution in [-0.4, -0.2) is 4.98 Å². The van der Waals surface area contributed by atoms with E-state index in [-0.39, 0.29) is 5.92 Å². The number of nitrogens with zero attached hydrogens (tertiary/aromatic N) is 2. The molecule has 2 aliphatic rings. The van der Waals surface area contributed by atoms with Crippen molar-refractivity contribution in [2.24, 2.45) is 0 Å². The molecule has 286 valence electrons. The first-order valence-electron chi connectivity index (χ1n) is 20.9. The average molecular weight is 771 g/mol. The van der Waals surface area contributed by atoms with Crippen LogP contribution in [0.1, 0.15) is 47.4 Å². The molecule has 1 heterocycles. The van der Waals surface area contributed by atoms with Gasteiger partial charge in [0.15, 0.2) is 5.58 Å². The maximum absolute atomic E-state index is 6.56. The second kappa shape index (κ2) is 15.4. The molecule has 1 unspecified atom stereocenters. The lowest BCUT2D eigenvalue weighted by Gasteiger charge is -2.33. The number of hydrogen-bond donors (Lipinski definition) is 0. The smallest absolute Gasteiger partial charge is 0.227 e. The highest BCUT2D eigenvalue weighted by molar-refractivity contribution is 6.12. The second-order valence-corrected chi connectivity index (χ2v) is 15.7. The molecule has 0 aliphatic heterocycles. The maximum Gasteiger partial charge on any atom is 0.227 e. The molecule has 0 spiro atoms. The summed E-state index contributed by atoms with van der Waals surface area (Å²) >= 11 is 0. The molecular weight excluding hydrogens is 729 g/mol. The van der Waals surface area contributed by atoms with Gasteiger partial charge in [-0.2, -0.15) is 0 Å². The van der Waals surface area contributed by atoms with Gasteiger partial charge in [-0.05, 0) is 129 Å². The lowest BCUT2D eigenvalue weighted by atomic mass is 9.80. The lowest BCUT2D eigenvalue weighted by molar-refractivity contribution is 0.620. The maximum atomic E-state index is 6.56. The van der Waals surface area contributed by atoms with E-state index in [2.05, 4.69) is 187 Å². The predicted molar refractivity (Wildman–Crippen MR) is 251 cm³/mol. The normalized spacial score (nSPS) is 14.6. The Morgan fingerprint density at radius 3 is 2.07 bits per heavy atom. The van der Waals surface area contributed by atoms with E-state index in [0.29, 0.717) is 5.89 Å². The van der Waals surface area contributed by atoms with Gasteiger partial charge in [-0.15, -0.1) is 0 Å². The summed E-state index contributed by atoms with van der Waals surface area (Å²) < 4.78 is 6.56. The number of para-hydroxylation sites is 1. The summed E-state index contributed by atoms with van der Waals surface area (Å²) in [5.74, 6) is 0.819. The first-order valence-corrected chi connectivity index (χ1v) is 20.9. The number of hydrogen-bond acceptors (Lipinski definition) is 3. The van der Waals surface area contributed by atoms with E-state index in [1.165, 1.54) is 33.5 Å². The molecule has 3 heteroatoms. The van der Waals surface area contributed by atoms with Gasteiger partial charge in [0.05, 0.1) is 0 Å². The topological polar surface area (TPSA) is 29.3 Å². The van der Waals surface area contributed by atoms with Crippen molar-refractivity contribution in [1.29, 1.82) is 0 Å². The Morgan fingerprint density at radius 2 is 1.27 bits per heavy atom. The van der Waals surface area contributed by atoms with E-state index >= 15 is 0 Å². The highest BCUT2D eigenvalue weighted by Crippen LogP contribution is 2.48. The van der Waals surface area contributed by atoms with Crippen LogP contribution in [0.25, 0.3) is 67.2 Å². The molecule has 0 saturated carbocycles. The first-order chi connectivity index (χ1) is 29.8. The molecule has 1 atom stereocenters. The number of oxazole rings is 1. The Morgan fingerprint density at radius 1 is 0.533 bits per heavy atom. The Hall–Kier alpha value is -7.49. The molecule has 3 nitrogen and oxygen atoms in total. The van der Waals surface area contributed by atoms with Crippen LogP contribution in [-0.2, 0) is 0 Å². The van der Waals surface area contributed by atoms with Crippen LogP contribution >= 0.6 is 0 Å². The quantitative estimate of drug-likeness (QED) is 0.154. The zero-order valence-electron chi connectivity index (χ0n) is 33.2. The van der Waals surface area contributed by atoms with Crippen molar-refractivity contribution in [3.8, 4) is 33.7 Å². The number of aromatic nitrogens is 1. The average Bonchev–Trinajstić information content (AvgIpc) is 3.77. The zero-order valence-corrected chi connectivity index (χ0v) is 33.2. The van der Waals surface area contributed by atoms with E-state index < -0.39 is 0 Å². The van der Waals surface area contributed by atoms with Gasteiger partial charge in [0.2, 0.25) is 5.89 Å². The summed E-state index contributed by atoms with van der Waals surface area (Å²) in [5, 5.41) is 2.21. The molecule has 0 radical (unpaired) electrons. The van der Waals surface area contributed by atoms with Gasteiger partial charge in [-0.1, -0.05) is 158 Å². The largest absolute Gasteiger partial charge is 0.436 e. The third-order valence-corrected chi connectivity index (χ3v) is 12.1. The Balaban J connectivity index is 1.13. The number of fused-ring (bicyclic) bond motifs is 4. The van der Waals surface area contributed by atoms with Gasteiger partial charge in [0, 0.05) is 33.9 Å². The lowest BCUT2D eigenvalue weighted by Crippen LogP contribution is -2.16. The molecule has 11 rings (SSSR count). The minimum atomic E-state index is 0.195. The predicted octanol–water partition coefficient (Wildman–Crippen LogP) is 15.7. The Bertz CT molecular complexity index is 3120. The van der Waals surface area contributed by atoms with Crippen molar-refractivity contribution in [3.63, 3.8) is 0 Å². The van der Waals surface area contributed by atoms with Crippen LogP contribution in [0.2, 0.25) is 0 Å².